The molecule has 16 aromatic carbocycles. The summed E-state index contributed by atoms with van der Waals surface area (Å²) in [6, 6.07) is 130. The Morgan fingerprint density at radius 3 is 1.02 bits per heavy atom. The Kier molecular flexibility index (Phi) is 14.4. The monoisotopic (exact) mass is 1380 g/mol. The number of aromatic nitrogens is 3. The molecule has 0 saturated carbocycles. The van der Waals surface area contributed by atoms with E-state index in [-0.39, 0.29) is 0 Å². The Labute approximate surface area is 602 Å². The van der Waals surface area contributed by atoms with E-state index in [1.165, 1.54) is 132 Å². The average molecular weight is 1380 g/mol. The summed E-state index contributed by atoms with van der Waals surface area (Å²) >= 11 is 3.47. The maximum Gasteiger partial charge on any atom is 0.143 e. The summed E-state index contributed by atoms with van der Waals surface area (Å²) in [5.41, 5.74) is 29.6. The van der Waals surface area contributed by atoms with Gasteiger partial charge in [-0.2, -0.15) is 0 Å². The van der Waals surface area contributed by atoms with E-state index < -0.39 is 0 Å². The largest absolute Gasteiger partial charge is 0.455 e. The summed E-state index contributed by atoms with van der Waals surface area (Å²) in [6.07, 6.45) is 1.04. The Hall–Kier alpha value is -13.0. The van der Waals surface area contributed by atoms with Gasteiger partial charge in [0.1, 0.15) is 22.3 Å². The van der Waals surface area contributed by atoms with Gasteiger partial charge in [0.15, 0.2) is 0 Å². The highest BCUT2D eigenvalue weighted by molar-refractivity contribution is 9.10. The molecule has 5 nitrogen and oxygen atoms in total. The molecule has 0 fully saturated rings. The predicted octanol–water partition coefficient (Wildman–Crippen LogP) is 27.2. The number of hydrogen-bond acceptors (Lipinski definition) is 2. The van der Waals surface area contributed by atoms with Crippen LogP contribution in [-0.2, 0) is 6.42 Å². The van der Waals surface area contributed by atoms with Gasteiger partial charge < -0.3 is 22.5 Å². The molecule has 0 aliphatic heterocycles. The Morgan fingerprint density at radius 1 is 0.214 bits per heavy atom. The fourth-order valence-corrected chi connectivity index (χ4v) is 16.4. The van der Waals surface area contributed by atoms with E-state index in [1.54, 1.807) is 0 Å². The predicted molar refractivity (Wildman–Crippen MR) is 435 cm³/mol. The third-order valence-electron chi connectivity index (χ3n) is 20.9. The van der Waals surface area contributed by atoms with E-state index in [2.05, 4.69) is 363 Å². The first-order chi connectivity index (χ1) is 51.0. The van der Waals surface area contributed by atoms with E-state index in [9.17, 15) is 0 Å². The van der Waals surface area contributed by atoms with Crippen LogP contribution in [-0.4, -0.2) is 13.7 Å². The number of fused-ring (bicyclic) bond motifs is 18. The lowest BCUT2D eigenvalue weighted by atomic mass is 9.97. The van der Waals surface area contributed by atoms with E-state index in [1.807, 2.05) is 30.3 Å². The molecule has 484 valence electrons. The highest BCUT2D eigenvalue weighted by Gasteiger charge is 2.22. The quantitative estimate of drug-likeness (QED) is 0.160. The summed E-state index contributed by atoms with van der Waals surface area (Å²) in [7, 11) is 0. The van der Waals surface area contributed by atoms with Crippen LogP contribution in [0.15, 0.2) is 377 Å². The maximum absolute atomic E-state index is 6.36. The van der Waals surface area contributed by atoms with Crippen molar-refractivity contribution in [1.29, 1.82) is 0 Å². The summed E-state index contributed by atoms with van der Waals surface area (Å²) < 4.78 is 20.6. The molecule has 1 aliphatic carbocycles. The summed E-state index contributed by atoms with van der Waals surface area (Å²) in [4.78, 5) is 0. The molecule has 21 aromatic rings. The van der Waals surface area contributed by atoms with Crippen LogP contribution >= 0.6 is 15.9 Å². The van der Waals surface area contributed by atoms with Gasteiger partial charge in [0, 0.05) is 86.5 Å². The fourth-order valence-electron chi connectivity index (χ4n) is 16.1. The van der Waals surface area contributed by atoms with Crippen LogP contribution in [0, 0.1) is 0 Å². The van der Waals surface area contributed by atoms with Gasteiger partial charge in [0.2, 0.25) is 0 Å². The van der Waals surface area contributed by atoms with Crippen LogP contribution < -0.4 is 0 Å². The molecule has 0 spiro atoms. The lowest BCUT2D eigenvalue weighted by Crippen LogP contribution is -1.94. The topological polar surface area (TPSA) is 41.1 Å². The summed E-state index contributed by atoms with van der Waals surface area (Å²) in [6.45, 7) is 0. The van der Waals surface area contributed by atoms with E-state index >= 15 is 0 Å². The Bertz CT molecular complexity index is 6890. The molecule has 0 N–H and O–H groups in total. The first kappa shape index (κ1) is 60.0. The van der Waals surface area contributed by atoms with Crippen LogP contribution in [0.1, 0.15) is 11.1 Å². The molecule has 1 aliphatic rings. The van der Waals surface area contributed by atoms with E-state index in [0.717, 1.165) is 71.9 Å². The highest BCUT2D eigenvalue weighted by Crippen LogP contribution is 2.44. The number of rotatable bonds is 7. The van der Waals surface area contributed by atoms with Crippen LogP contribution in [0.5, 0.6) is 0 Å². The molecule has 5 aromatic heterocycles. The number of hydrogen-bond donors (Lipinski definition) is 0. The fraction of sp³-hybridized carbons (Fsp3) is 0.0103. The molecule has 0 saturated heterocycles. The first-order valence-corrected chi connectivity index (χ1v) is 35.9. The second kappa shape index (κ2) is 24.7. The van der Waals surface area contributed by atoms with E-state index in [0.29, 0.717) is 0 Å². The number of benzene rings is 16. The lowest BCUT2D eigenvalue weighted by molar-refractivity contribution is 0.669. The molecular formula is C97H62BrN3O2. The molecule has 0 atom stereocenters. The average Bonchev–Trinajstić information content (AvgIpc) is 1.59. The summed E-state index contributed by atoms with van der Waals surface area (Å²) in [5, 5.41) is 12.2. The molecule has 5 heterocycles. The molecule has 0 radical (unpaired) electrons. The molecule has 0 amide bonds. The van der Waals surface area contributed by atoms with Crippen molar-refractivity contribution in [3.63, 3.8) is 0 Å². The van der Waals surface area contributed by atoms with Gasteiger partial charge in [0.25, 0.3) is 0 Å². The van der Waals surface area contributed by atoms with Gasteiger partial charge in [-0.05, 0) is 183 Å². The van der Waals surface area contributed by atoms with Crippen molar-refractivity contribution in [3.8, 4) is 72.7 Å². The van der Waals surface area contributed by atoms with Crippen molar-refractivity contribution in [1.82, 2.24) is 13.7 Å². The van der Waals surface area contributed by atoms with Crippen molar-refractivity contribution < 1.29 is 8.83 Å². The zero-order valence-corrected chi connectivity index (χ0v) is 57.5. The molecule has 0 bridgehead atoms. The standard InChI is InChI=1S/C48H30N2O.C31H21N.C18H11BrO/c1-2-11-34(12-3-1)49-43-18-7-4-13-37(43)41-29-32(23-27-45(41)49)33-24-28-46-42(30-33)38-14-5-8-19-44(38)50(46)35-25-21-31(22-26-35)36-16-10-17-40-39-15-6-9-20-47(39)51-48(36)40;1-2-9-25(10-3-1)32-30-13-7-6-12-27(30)29-20-22(16-17-31(29)32)21-14-15-24-18-23-8-4-5-11-26(23)28(24)19-21;19-13-10-8-12(9-11-13)14-5-3-6-16-15-4-1-2-7-17(15)20-18(14)16/h1-30H;1-17,19-20H,18H2;1-11H. The molecular weight excluding hydrogens is 1320 g/mol. The van der Waals surface area contributed by atoms with Gasteiger partial charge in [-0.3, -0.25) is 0 Å². The number of para-hydroxylation sites is 9. The van der Waals surface area contributed by atoms with Gasteiger partial charge >= 0.3 is 0 Å². The Morgan fingerprint density at radius 2 is 0.544 bits per heavy atom. The number of halogens is 1. The van der Waals surface area contributed by atoms with Gasteiger partial charge in [-0.25, -0.2) is 0 Å². The van der Waals surface area contributed by atoms with Gasteiger partial charge in [-0.1, -0.05) is 259 Å². The normalized spacial score (nSPS) is 11.9. The lowest BCUT2D eigenvalue weighted by Gasteiger charge is -2.10. The zero-order chi connectivity index (χ0) is 68.1. The van der Waals surface area contributed by atoms with Crippen LogP contribution in [0.4, 0.5) is 0 Å². The number of furan rings is 2. The summed E-state index contributed by atoms with van der Waals surface area (Å²) in [5.74, 6) is 0. The zero-order valence-electron chi connectivity index (χ0n) is 55.9. The second-order valence-corrected chi connectivity index (χ2v) is 27.7. The Balaban J connectivity index is 0.000000115. The molecule has 0 unspecified atom stereocenters. The van der Waals surface area contributed by atoms with E-state index in [4.69, 9.17) is 8.83 Å². The third-order valence-corrected chi connectivity index (χ3v) is 21.4. The van der Waals surface area contributed by atoms with Crippen molar-refractivity contribution in [2.75, 3.05) is 0 Å². The second-order valence-electron chi connectivity index (χ2n) is 26.7. The molecule has 22 rings (SSSR count). The van der Waals surface area contributed by atoms with Crippen molar-refractivity contribution >= 4 is 125 Å². The third kappa shape index (κ3) is 10.2. The minimum absolute atomic E-state index is 0.917. The maximum atomic E-state index is 6.36. The van der Waals surface area contributed by atoms with Crippen molar-refractivity contribution in [2.45, 2.75) is 6.42 Å². The smallest absolute Gasteiger partial charge is 0.143 e. The minimum Gasteiger partial charge on any atom is -0.455 e. The van der Waals surface area contributed by atoms with Crippen LogP contribution in [0.2, 0.25) is 0 Å². The van der Waals surface area contributed by atoms with Gasteiger partial charge in [0.05, 0.1) is 33.1 Å². The van der Waals surface area contributed by atoms with Crippen LogP contribution in [0.3, 0.4) is 0 Å². The molecule has 103 heavy (non-hydrogen) atoms. The van der Waals surface area contributed by atoms with Gasteiger partial charge in [-0.15, -0.1) is 0 Å². The van der Waals surface area contributed by atoms with Crippen molar-refractivity contribution in [2.24, 2.45) is 0 Å². The first-order valence-electron chi connectivity index (χ1n) is 35.1. The minimum atomic E-state index is 0.917. The molecule has 6 heteroatoms. The highest BCUT2D eigenvalue weighted by atomic mass is 79.9. The van der Waals surface area contributed by atoms with Crippen LogP contribution in [0.25, 0.3) is 182 Å². The SMILES string of the molecule is Brc1ccc(-c2cccc3c2oc2ccccc23)cc1.c1ccc(-n2c3ccccc3c3cc(-c4ccc5c(c4)-c4ccccc4C5)ccc32)cc1.c1ccc(-n2c3ccccc3c3cc(-c4ccc5c(c4)c4ccccc4n5-c4ccc(-c5cccc6c5oc5ccccc56)cc4)ccc32)cc1. The van der Waals surface area contributed by atoms with Crippen molar-refractivity contribution in [3.05, 3.63) is 380 Å². The number of nitrogens with zero attached hydrogens (tertiary/aromatic N) is 3.